The molecule has 1 rings (SSSR count). The average Bonchev–Trinajstić information content (AvgIpc) is 2.52. The predicted octanol–water partition coefficient (Wildman–Crippen LogP) is 1.54. The highest BCUT2D eigenvalue weighted by Gasteiger charge is 2.38. The molecule has 0 radical (unpaired) electrons. The number of carbonyl (C=O) groups excluding carboxylic acids is 1. The molecule has 0 aromatic carbocycles. The number of rotatable bonds is 5. The summed E-state index contributed by atoms with van der Waals surface area (Å²) in [7, 11) is -1.59. The summed E-state index contributed by atoms with van der Waals surface area (Å²) in [6.07, 6.45) is -2.11. The largest absolute Gasteiger partial charge is 0.490 e. The SMILES string of the molecule is C=CC[C@H](NC(=O)OC(C)(C)C)c1cc(B(O)O)ccn1.O=C(O)C(F)(F)F. The van der Waals surface area contributed by atoms with Gasteiger partial charge in [0, 0.05) is 6.20 Å². The third-order valence-corrected chi connectivity index (χ3v) is 2.80. The lowest BCUT2D eigenvalue weighted by Gasteiger charge is -2.23. The summed E-state index contributed by atoms with van der Waals surface area (Å²) in [5.74, 6) is -2.76. The Hall–Kier alpha value is -2.60. The van der Waals surface area contributed by atoms with Gasteiger partial charge in [-0.1, -0.05) is 6.08 Å². The topological polar surface area (TPSA) is 129 Å². The molecule has 1 atom stereocenters. The summed E-state index contributed by atoms with van der Waals surface area (Å²) in [6.45, 7) is 8.97. The van der Waals surface area contributed by atoms with Crippen LogP contribution in [0, 0.1) is 0 Å². The van der Waals surface area contributed by atoms with E-state index < -0.39 is 37.0 Å². The van der Waals surface area contributed by atoms with Gasteiger partial charge in [0.1, 0.15) is 5.60 Å². The molecule has 0 unspecified atom stereocenters. The predicted molar refractivity (Wildman–Crippen MR) is 94.7 cm³/mol. The summed E-state index contributed by atoms with van der Waals surface area (Å²) in [5, 5.41) is 28.2. The summed E-state index contributed by atoms with van der Waals surface area (Å²) in [6, 6.07) is 2.57. The summed E-state index contributed by atoms with van der Waals surface area (Å²) in [4.78, 5) is 24.9. The molecule has 1 heterocycles. The molecule has 12 heteroatoms. The Morgan fingerprint density at radius 1 is 1.36 bits per heavy atom. The Bertz CT molecular complexity index is 677. The molecule has 0 aliphatic heterocycles. The van der Waals surface area contributed by atoms with Crippen molar-refractivity contribution in [2.24, 2.45) is 0 Å². The first-order chi connectivity index (χ1) is 12.7. The molecule has 0 bridgehead atoms. The number of ether oxygens (including phenoxy) is 1. The van der Waals surface area contributed by atoms with Crippen molar-refractivity contribution in [1.82, 2.24) is 10.3 Å². The Labute approximate surface area is 160 Å². The maximum Gasteiger partial charge on any atom is 0.490 e. The van der Waals surface area contributed by atoms with Gasteiger partial charge in [-0.25, -0.2) is 9.59 Å². The fraction of sp³-hybridized carbons (Fsp3) is 0.438. The van der Waals surface area contributed by atoms with Crippen LogP contribution < -0.4 is 10.8 Å². The van der Waals surface area contributed by atoms with Crippen LogP contribution in [-0.2, 0) is 9.53 Å². The van der Waals surface area contributed by atoms with Gasteiger partial charge in [-0.3, -0.25) is 4.98 Å². The highest BCUT2D eigenvalue weighted by atomic mass is 19.4. The first-order valence-electron chi connectivity index (χ1n) is 7.90. The first-order valence-corrected chi connectivity index (χ1v) is 7.90. The third-order valence-electron chi connectivity index (χ3n) is 2.80. The van der Waals surface area contributed by atoms with Crippen molar-refractivity contribution in [3.05, 3.63) is 36.7 Å². The summed E-state index contributed by atoms with van der Waals surface area (Å²) in [5.41, 5.74) is 0.214. The lowest BCUT2D eigenvalue weighted by molar-refractivity contribution is -0.192. The Balaban J connectivity index is 0.000000887. The van der Waals surface area contributed by atoms with E-state index in [4.69, 9.17) is 14.6 Å². The average molecular weight is 406 g/mol. The fourth-order valence-electron chi connectivity index (χ4n) is 1.69. The van der Waals surface area contributed by atoms with Crippen LogP contribution in [0.25, 0.3) is 0 Å². The fourth-order valence-corrected chi connectivity index (χ4v) is 1.69. The van der Waals surface area contributed by atoms with Crippen molar-refractivity contribution in [2.75, 3.05) is 0 Å². The minimum absolute atomic E-state index is 0.306. The molecule has 8 nitrogen and oxygen atoms in total. The zero-order valence-corrected chi connectivity index (χ0v) is 15.5. The number of alkyl carbamates (subject to hydrolysis) is 1. The molecule has 1 aromatic heterocycles. The second-order valence-corrected chi connectivity index (χ2v) is 6.41. The number of aliphatic carboxylic acids is 1. The number of pyridine rings is 1. The second kappa shape index (κ2) is 10.7. The van der Waals surface area contributed by atoms with Gasteiger partial charge in [0.25, 0.3) is 0 Å². The number of hydrogen-bond donors (Lipinski definition) is 4. The van der Waals surface area contributed by atoms with Gasteiger partial charge in [0.15, 0.2) is 0 Å². The van der Waals surface area contributed by atoms with Gasteiger partial charge in [-0.2, -0.15) is 13.2 Å². The number of nitrogens with zero attached hydrogens (tertiary/aromatic N) is 1. The molecule has 0 aliphatic carbocycles. The van der Waals surface area contributed by atoms with Crippen molar-refractivity contribution < 1.29 is 42.7 Å². The number of alkyl halides is 3. The highest BCUT2D eigenvalue weighted by Crippen LogP contribution is 2.16. The monoisotopic (exact) mass is 406 g/mol. The van der Waals surface area contributed by atoms with E-state index in [0.717, 1.165) is 0 Å². The molecule has 0 spiro atoms. The molecule has 0 aliphatic rings. The van der Waals surface area contributed by atoms with Gasteiger partial charge in [-0.15, -0.1) is 6.58 Å². The van der Waals surface area contributed by atoms with Crippen LogP contribution in [0.2, 0.25) is 0 Å². The maximum atomic E-state index is 11.8. The zero-order chi connectivity index (χ0) is 22.1. The van der Waals surface area contributed by atoms with Crippen LogP contribution in [-0.4, -0.2) is 51.1 Å². The van der Waals surface area contributed by atoms with E-state index in [1.54, 1.807) is 26.8 Å². The van der Waals surface area contributed by atoms with E-state index >= 15 is 0 Å². The molecule has 1 amide bonds. The van der Waals surface area contributed by atoms with E-state index in [-0.39, 0.29) is 0 Å². The number of halogens is 3. The van der Waals surface area contributed by atoms with Gasteiger partial charge in [0.2, 0.25) is 0 Å². The Morgan fingerprint density at radius 2 is 1.89 bits per heavy atom. The van der Waals surface area contributed by atoms with Gasteiger partial charge >= 0.3 is 25.4 Å². The van der Waals surface area contributed by atoms with E-state index in [2.05, 4.69) is 16.9 Å². The lowest BCUT2D eigenvalue weighted by atomic mass is 9.80. The molecular formula is C16H22BF3N2O6. The molecule has 0 saturated heterocycles. The van der Waals surface area contributed by atoms with Crippen molar-refractivity contribution >= 4 is 24.6 Å². The lowest BCUT2D eigenvalue weighted by Crippen LogP contribution is -2.36. The number of carboxylic acid groups (broad SMARTS) is 1. The normalized spacial score (nSPS) is 12.1. The van der Waals surface area contributed by atoms with Crippen LogP contribution in [0.3, 0.4) is 0 Å². The van der Waals surface area contributed by atoms with E-state index in [1.807, 2.05) is 0 Å². The van der Waals surface area contributed by atoms with Crippen molar-refractivity contribution in [1.29, 1.82) is 0 Å². The summed E-state index contributed by atoms with van der Waals surface area (Å²) >= 11 is 0. The molecule has 0 fully saturated rings. The molecule has 156 valence electrons. The molecule has 0 saturated carbocycles. The minimum atomic E-state index is -5.08. The van der Waals surface area contributed by atoms with Crippen molar-refractivity contribution in [3.8, 4) is 0 Å². The van der Waals surface area contributed by atoms with Crippen LogP contribution in [0.15, 0.2) is 31.0 Å². The number of carbonyl (C=O) groups is 2. The van der Waals surface area contributed by atoms with Crippen LogP contribution in [0.5, 0.6) is 0 Å². The van der Waals surface area contributed by atoms with Gasteiger partial charge in [-0.05, 0) is 44.8 Å². The summed E-state index contributed by atoms with van der Waals surface area (Å²) < 4.78 is 36.9. The minimum Gasteiger partial charge on any atom is -0.475 e. The number of aromatic nitrogens is 1. The Morgan fingerprint density at radius 3 is 2.29 bits per heavy atom. The Kier molecular flexibility index (Phi) is 9.68. The molecule has 1 aromatic rings. The van der Waals surface area contributed by atoms with Crippen molar-refractivity contribution in [3.63, 3.8) is 0 Å². The van der Waals surface area contributed by atoms with Crippen LogP contribution >= 0.6 is 0 Å². The second-order valence-electron chi connectivity index (χ2n) is 6.41. The zero-order valence-electron chi connectivity index (χ0n) is 15.5. The smallest absolute Gasteiger partial charge is 0.475 e. The van der Waals surface area contributed by atoms with E-state index in [9.17, 15) is 28.0 Å². The van der Waals surface area contributed by atoms with Crippen LogP contribution in [0.4, 0.5) is 18.0 Å². The van der Waals surface area contributed by atoms with E-state index in [1.165, 1.54) is 18.3 Å². The molecule has 28 heavy (non-hydrogen) atoms. The highest BCUT2D eigenvalue weighted by molar-refractivity contribution is 6.58. The number of carboxylic acids is 1. The number of hydrogen-bond acceptors (Lipinski definition) is 6. The molecule has 4 N–H and O–H groups in total. The quantitative estimate of drug-likeness (QED) is 0.431. The maximum absolute atomic E-state index is 11.8. The van der Waals surface area contributed by atoms with Gasteiger partial charge in [0.05, 0.1) is 11.7 Å². The van der Waals surface area contributed by atoms with Crippen molar-refractivity contribution in [2.45, 2.75) is 45.0 Å². The van der Waals surface area contributed by atoms with Gasteiger partial charge < -0.3 is 25.2 Å². The number of nitrogens with one attached hydrogen (secondary N) is 1. The molecular weight excluding hydrogens is 384 g/mol. The van der Waals surface area contributed by atoms with E-state index in [0.29, 0.717) is 17.6 Å². The third kappa shape index (κ3) is 10.5. The van der Waals surface area contributed by atoms with Crippen LogP contribution in [0.1, 0.15) is 38.9 Å². The standard InChI is InChI=1S/C14H21BN2O4.C2HF3O2/c1-5-6-11(17-13(18)21-14(2,3)4)12-9-10(15(19)20)7-8-16-12;3-2(4,5)1(6)7/h5,7-9,11,19-20H,1,6H2,2-4H3,(H,17,18);(H,6,7)/t11-;/m0./s1. The first kappa shape index (κ1) is 25.4. The number of amides is 1.